The van der Waals surface area contributed by atoms with E-state index in [1.54, 1.807) is 0 Å². The van der Waals surface area contributed by atoms with E-state index < -0.39 is 36.4 Å². The molecule has 0 amide bonds. The number of carboxylic acids is 3. The van der Waals surface area contributed by atoms with Crippen LogP contribution in [0, 0.1) is 0 Å². The number of rotatable bonds is 5. The van der Waals surface area contributed by atoms with Gasteiger partial charge in [-0.25, -0.2) is 14.4 Å². The van der Waals surface area contributed by atoms with E-state index in [1.807, 2.05) is 36.9 Å². The maximum absolute atomic E-state index is 10.6. The monoisotopic (exact) mass is 667 g/mol. The number of alkyl halides is 9. The van der Waals surface area contributed by atoms with Crippen molar-refractivity contribution in [3.05, 3.63) is 60.2 Å². The van der Waals surface area contributed by atoms with Crippen LogP contribution in [0.3, 0.4) is 0 Å². The highest BCUT2D eigenvalue weighted by Gasteiger charge is 2.44. The lowest BCUT2D eigenvalue weighted by molar-refractivity contribution is -0.193. The number of fused-ring (bicyclic) bond motifs is 1. The van der Waals surface area contributed by atoms with E-state index in [1.165, 1.54) is 12.0 Å². The Hall–Kier alpha value is -4.04. The lowest BCUT2D eigenvalue weighted by Gasteiger charge is -2.32. The first-order valence-electron chi connectivity index (χ1n) is 12.4. The summed E-state index contributed by atoms with van der Waals surface area (Å²) in [5, 5.41) is 21.4. The van der Waals surface area contributed by atoms with Crippen LogP contribution in [0.25, 0.3) is 0 Å². The number of aliphatic carboxylic acids is 3. The molecule has 20 heteroatoms. The summed E-state index contributed by atoms with van der Waals surface area (Å²) >= 11 is 0. The molecule has 2 fully saturated rings. The minimum atomic E-state index is -5.08. The van der Waals surface area contributed by atoms with Gasteiger partial charge in [0.2, 0.25) is 0 Å². The van der Waals surface area contributed by atoms with Crippen molar-refractivity contribution in [3.8, 4) is 0 Å². The number of hydrogen-bond donors (Lipinski definition) is 3. The Labute approximate surface area is 248 Å². The maximum Gasteiger partial charge on any atom is 0.490 e. The minimum absolute atomic E-state index is 0.130. The van der Waals surface area contributed by atoms with Gasteiger partial charge in [-0.1, -0.05) is 0 Å². The fraction of sp³-hybridized carbons (Fsp3) is 0.480. The second-order valence-electron chi connectivity index (χ2n) is 8.94. The Morgan fingerprint density at radius 3 is 1.58 bits per heavy atom. The Balaban J connectivity index is 0.000000396. The average Bonchev–Trinajstić information content (AvgIpc) is 3.29. The van der Waals surface area contributed by atoms with Gasteiger partial charge >= 0.3 is 36.4 Å². The highest BCUT2D eigenvalue weighted by molar-refractivity contribution is 5.73. The molecule has 0 aliphatic carbocycles. The van der Waals surface area contributed by atoms with Crippen LogP contribution in [-0.2, 0) is 37.0 Å². The SMILES string of the molecule is O=C(O)C(F)(F)F.O=C(O)C(F)(F)F.O=C(O)C(F)(F)F.c1cc(CO[C@@H]2CN(Cc3ccncc3)[C@H]3CCCO[C@@H]23)ccn1. The van der Waals surface area contributed by atoms with Gasteiger partial charge in [0.15, 0.2) is 0 Å². The second-order valence-corrected chi connectivity index (χ2v) is 8.94. The molecule has 2 aromatic heterocycles. The molecule has 2 aromatic rings. The van der Waals surface area contributed by atoms with Crippen LogP contribution in [0.2, 0.25) is 0 Å². The summed E-state index contributed by atoms with van der Waals surface area (Å²) in [7, 11) is 0. The molecule has 252 valence electrons. The predicted octanol–water partition coefficient (Wildman–Crippen LogP) is 4.33. The van der Waals surface area contributed by atoms with Gasteiger partial charge in [-0.15, -0.1) is 0 Å². The standard InChI is InChI=1S/C19H23N3O2.3C2HF3O2/c1-2-17-19(23-11-1)18(24-14-16-5-9-21-10-6-16)13-22(17)12-15-3-7-20-8-4-15;3*3-2(4,5)1(6)7/h3-10,17-19H,1-2,11-14H2;3*(H,6,7)/t17-,18+,19+;;;/m0.../s1. The molecule has 4 rings (SSSR count). The van der Waals surface area contributed by atoms with Gasteiger partial charge in [0.25, 0.3) is 0 Å². The van der Waals surface area contributed by atoms with Crippen molar-refractivity contribution in [1.29, 1.82) is 0 Å². The highest BCUT2D eigenvalue weighted by atomic mass is 19.4. The molecule has 2 saturated heterocycles. The Bertz CT molecular complexity index is 1140. The fourth-order valence-corrected chi connectivity index (χ4v) is 3.74. The van der Waals surface area contributed by atoms with E-state index in [2.05, 4.69) is 27.0 Å². The summed E-state index contributed by atoms with van der Waals surface area (Å²) in [6.07, 6.45) is -5.29. The van der Waals surface area contributed by atoms with E-state index in [-0.39, 0.29) is 12.2 Å². The third kappa shape index (κ3) is 15.0. The summed E-state index contributed by atoms with van der Waals surface area (Å²) in [4.78, 5) is 37.4. The zero-order chi connectivity index (χ0) is 34.4. The molecule has 0 bridgehead atoms. The van der Waals surface area contributed by atoms with E-state index in [0.717, 1.165) is 31.7 Å². The molecule has 3 N–H and O–H groups in total. The van der Waals surface area contributed by atoms with Crippen LogP contribution < -0.4 is 0 Å². The number of nitrogens with zero attached hydrogens (tertiary/aromatic N) is 3. The molecule has 0 aromatic carbocycles. The Kier molecular flexibility index (Phi) is 15.1. The van der Waals surface area contributed by atoms with Gasteiger partial charge in [0.05, 0.1) is 12.7 Å². The highest BCUT2D eigenvalue weighted by Crippen LogP contribution is 2.32. The molecule has 2 aliphatic rings. The fourth-order valence-electron chi connectivity index (χ4n) is 3.74. The largest absolute Gasteiger partial charge is 0.490 e. The zero-order valence-electron chi connectivity index (χ0n) is 22.7. The summed E-state index contributed by atoms with van der Waals surface area (Å²) < 4.78 is 108. The topological polar surface area (TPSA) is 159 Å². The van der Waals surface area contributed by atoms with Crippen molar-refractivity contribution in [1.82, 2.24) is 14.9 Å². The van der Waals surface area contributed by atoms with Crippen LogP contribution >= 0.6 is 0 Å². The molecule has 0 spiro atoms. The minimum Gasteiger partial charge on any atom is -0.475 e. The first-order chi connectivity index (χ1) is 20.7. The molecule has 45 heavy (non-hydrogen) atoms. The predicted molar refractivity (Wildman–Crippen MR) is 131 cm³/mol. The Morgan fingerprint density at radius 2 is 1.18 bits per heavy atom. The van der Waals surface area contributed by atoms with Gasteiger partial charge in [-0.05, 0) is 48.2 Å². The molecule has 11 nitrogen and oxygen atoms in total. The molecule has 0 radical (unpaired) electrons. The van der Waals surface area contributed by atoms with Crippen molar-refractivity contribution in [3.63, 3.8) is 0 Å². The summed E-state index contributed by atoms with van der Waals surface area (Å²) in [6, 6.07) is 8.63. The number of carbonyl (C=O) groups is 3. The molecule has 0 saturated carbocycles. The van der Waals surface area contributed by atoms with Crippen molar-refractivity contribution in [2.75, 3.05) is 13.2 Å². The molecule has 0 unspecified atom stereocenters. The van der Waals surface area contributed by atoms with Gasteiger partial charge in [-0.2, -0.15) is 39.5 Å². The summed E-state index contributed by atoms with van der Waals surface area (Å²) in [6.45, 7) is 3.31. The van der Waals surface area contributed by atoms with Crippen LogP contribution in [0.1, 0.15) is 24.0 Å². The van der Waals surface area contributed by atoms with Gasteiger partial charge < -0.3 is 24.8 Å². The Morgan fingerprint density at radius 1 is 0.778 bits per heavy atom. The van der Waals surface area contributed by atoms with Crippen LogP contribution in [0.4, 0.5) is 39.5 Å². The van der Waals surface area contributed by atoms with E-state index >= 15 is 0 Å². The number of carboxylic acid groups (broad SMARTS) is 3. The summed E-state index contributed by atoms with van der Waals surface area (Å²) in [5.41, 5.74) is 2.45. The van der Waals surface area contributed by atoms with E-state index in [9.17, 15) is 39.5 Å². The van der Waals surface area contributed by atoms with E-state index in [4.69, 9.17) is 39.2 Å². The molecular weight excluding hydrogens is 641 g/mol. The number of likely N-dealkylation sites (tertiary alicyclic amines) is 1. The quantitative estimate of drug-likeness (QED) is 0.390. The van der Waals surface area contributed by atoms with Crippen molar-refractivity contribution < 1.29 is 78.7 Å². The van der Waals surface area contributed by atoms with Gasteiger partial charge in [-0.3, -0.25) is 14.9 Å². The van der Waals surface area contributed by atoms with Crippen LogP contribution in [0.5, 0.6) is 0 Å². The van der Waals surface area contributed by atoms with E-state index in [0.29, 0.717) is 12.6 Å². The number of hydrogen-bond acceptors (Lipinski definition) is 8. The van der Waals surface area contributed by atoms with Gasteiger partial charge in [0, 0.05) is 50.5 Å². The number of pyridine rings is 2. The molecular formula is C25H26F9N3O8. The molecule has 2 aliphatic heterocycles. The second kappa shape index (κ2) is 17.4. The first kappa shape index (κ1) is 39.0. The third-order valence-corrected chi connectivity index (χ3v) is 5.66. The van der Waals surface area contributed by atoms with Crippen molar-refractivity contribution in [2.45, 2.75) is 62.8 Å². The van der Waals surface area contributed by atoms with Crippen molar-refractivity contribution in [2.24, 2.45) is 0 Å². The van der Waals surface area contributed by atoms with Crippen LogP contribution in [-0.4, -0.2) is 98.0 Å². The lowest BCUT2D eigenvalue weighted by Crippen LogP contribution is -2.41. The van der Waals surface area contributed by atoms with Gasteiger partial charge in [0.1, 0.15) is 6.10 Å². The summed E-state index contributed by atoms with van der Waals surface area (Å²) in [5.74, 6) is -8.27. The zero-order valence-corrected chi connectivity index (χ0v) is 22.7. The average molecular weight is 667 g/mol. The van der Waals surface area contributed by atoms with Crippen molar-refractivity contribution >= 4 is 17.9 Å². The number of halogens is 9. The lowest BCUT2D eigenvalue weighted by atomic mass is 10.0. The number of aromatic nitrogens is 2. The molecule has 4 heterocycles. The smallest absolute Gasteiger partial charge is 0.475 e. The normalized spacial score (nSPS) is 19.7. The van der Waals surface area contributed by atoms with Crippen LogP contribution in [0.15, 0.2) is 49.1 Å². The third-order valence-electron chi connectivity index (χ3n) is 5.66. The first-order valence-corrected chi connectivity index (χ1v) is 12.4. The number of ether oxygens (including phenoxy) is 2. The maximum atomic E-state index is 10.6. The molecule has 3 atom stereocenters.